The van der Waals surface area contributed by atoms with E-state index in [2.05, 4.69) is 0 Å². The number of aryl methyl sites for hydroxylation is 1. The van der Waals surface area contributed by atoms with E-state index >= 15 is 0 Å². The highest BCUT2D eigenvalue weighted by Crippen LogP contribution is 2.43. The summed E-state index contributed by atoms with van der Waals surface area (Å²) in [5.74, 6) is -0.954. The number of hydrogen-bond donors (Lipinski definition) is 1. The van der Waals surface area contributed by atoms with Gasteiger partial charge in [-0.25, -0.2) is 4.39 Å². The number of hydrogen-bond acceptors (Lipinski definition) is 5. The van der Waals surface area contributed by atoms with E-state index in [9.17, 15) is 19.1 Å². The Morgan fingerprint density at radius 2 is 1.61 bits per heavy atom. The SMILES string of the molecule is COc1ccc(/C(O)=C2\C(=O)C(=O)N(c3cccc(F)c3)C2c2cccc(Oc3ccccc3)c2)cc1C. The van der Waals surface area contributed by atoms with Crippen LogP contribution >= 0.6 is 0 Å². The number of ketones is 1. The molecule has 190 valence electrons. The molecule has 0 bridgehead atoms. The van der Waals surface area contributed by atoms with Crippen LogP contribution in [-0.4, -0.2) is 23.9 Å². The zero-order valence-electron chi connectivity index (χ0n) is 20.7. The van der Waals surface area contributed by atoms with E-state index in [0.717, 1.165) is 5.56 Å². The summed E-state index contributed by atoms with van der Waals surface area (Å²) >= 11 is 0. The highest BCUT2D eigenvalue weighted by atomic mass is 19.1. The molecule has 4 aromatic carbocycles. The van der Waals surface area contributed by atoms with Crippen molar-refractivity contribution in [3.8, 4) is 17.2 Å². The molecular weight excluding hydrogens is 485 g/mol. The van der Waals surface area contributed by atoms with Crippen LogP contribution in [0.15, 0.2) is 103 Å². The molecule has 1 amide bonds. The average Bonchev–Trinajstić information content (AvgIpc) is 3.19. The average molecular weight is 510 g/mol. The number of carbonyl (C=O) groups is 2. The fourth-order valence-corrected chi connectivity index (χ4v) is 4.59. The quantitative estimate of drug-likeness (QED) is 0.181. The number of carbonyl (C=O) groups excluding carboxylic acids is 2. The molecule has 7 heteroatoms. The lowest BCUT2D eigenvalue weighted by molar-refractivity contribution is -0.132. The van der Waals surface area contributed by atoms with Crippen LogP contribution in [0, 0.1) is 12.7 Å². The first-order chi connectivity index (χ1) is 18.4. The Labute approximate surface area is 219 Å². The van der Waals surface area contributed by atoms with E-state index in [0.29, 0.717) is 28.4 Å². The topological polar surface area (TPSA) is 76.1 Å². The van der Waals surface area contributed by atoms with Crippen LogP contribution < -0.4 is 14.4 Å². The summed E-state index contributed by atoms with van der Waals surface area (Å²) in [6, 6.07) is 25.4. The largest absolute Gasteiger partial charge is 0.507 e. The van der Waals surface area contributed by atoms with Gasteiger partial charge in [0.1, 0.15) is 28.8 Å². The summed E-state index contributed by atoms with van der Waals surface area (Å²) < 4.78 is 25.5. The third-order valence-corrected chi connectivity index (χ3v) is 6.35. The number of methoxy groups -OCH3 is 1. The van der Waals surface area contributed by atoms with Crippen LogP contribution in [0.2, 0.25) is 0 Å². The summed E-state index contributed by atoms with van der Waals surface area (Å²) in [6.45, 7) is 1.81. The van der Waals surface area contributed by atoms with Gasteiger partial charge in [-0.15, -0.1) is 0 Å². The minimum absolute atomic E-state index is 0.110. The minimum Gasteiger partial charge on any atom is -0.507 e. The molecule has 5 rings (SSSR count). The molecule has 6 nitrogen and oxygen atoms in total. The van der Waals surface area contributed by atoms with Gasteiger partial charge >= 0.3 is 0 Å². The molecule has 1 aliphatic rings. The first kappa shape index (κ1) is 24.8. The second kappa shape index (κ2) is 10.2. The Balaban J connectivity index is 1.68. The number of benzene rings is 4. The monoisotopic (exact) mass is 509 g/mol. The molecule has 0 radical (unpaired) electrons. The van der Waals surface area contributed by atoms with E-state index in [1.807, 2.05) is 25.1 Å². The summed E-state index contributed by atoms with van der Waals surface area (Å²) in [5, 5.41) is 11.4. The normalized spacial score (nSPS) is 16.5. The van der Waals surface area contributed by atoms with Gasteiger partial charge in [-0.3, -0.25) is 14.5 Å². The van der Waals surface area contributed by atoms with Gasteiger partial charge in [0.25, 0.3) is 11.7 Å². The summed E-state index contributed by atoms with van der Waals surface area (Å²) in [7, 11) is 1.54. The molecule has 38 heavy (non-hydrogen) atoms. The Kier molecular flexibility index (Phi) is 6.66. The van der Waals surface area contributed by atoms with E-state index in [4.69, 9.17) is 9.47 Å². The van der Waals surface area contributed by atoms with Crippen LogP contribution in [0.3, 0.4) is 0 Å². The predicted octanol–water partition coefficient (Wildman–Crippen LogP) is 6.56. The molecule has 1 aliphatic heterocycles. The lowest BCUT2D eigenvalue weighted by Crippen LogP contribution is -2.29. The van der Waals surface area contributed by atoms with Gasteiger partial charge in [-0.2, -0.15) is 0 Å². The third-order valence-electron chi connectivity index (χ3n) is 6.35. The summed E-state index contributed by atoms with van der Waals surface area (Å²) in [6.07, 6.45) is 0. The maximum absolute atomic E-state index is 14.2. The van der Waals surface area contributed by atoms with Gasteiger partial charge in [0, 0.05) is 11.3 Å². The van der Waals surface area contributed by atoms with Crippen molar-refractivity contribution in [1.29, 1.82) is 0 Å². The van der Waals surface area contributed by atoms with Gasteiger partial charge in [-0.1, -0.05) is 36.4 Å². The Hall–Kier alpha value is -4.91. The van der Waals surface area contributed by atoms with Gasteiger partial charge in [0.15, 0.2) is 0 Å². The molecule has 1 unspecified atom stereocenters. The second-order valence-electron chi connectivity index (χ2n) is 8.82. The van der Waals surface area contributed by atoms with Crippen molar-refractivity contribution in [3.05, 3.63) is 125 Å². The number of halogens is 1. The van der Waals surface area contributed by atoms with Gasteiger partial charge in [-0.05, 0) is 78.7 Å². The number of Topliss-reactive ketones (excluding diaryl/α,β-unsaturated/α-hetero) is 1. The van der Waals surface area contributed by atoms with Crippen molar-refractivity contribution in [3.63, 3.8) is 0 Å². The molecule has 1 fully saturated rings. The number of anilines is 1. The molecular formula is C31H24FNO5. The fourth-order valence-electron chi connectivity index (χ4n) is 4.59. The van der Waals surface area contributed by atoms with E-state index < -0.39 is 23.5 Å². The zero-order chi connectivity index (χ0) is 26.8. The predicted molar refractivity (Wildman–Crippen MR) is 142 cm³/mol. The molecule has 1 saturated heterocycles. The molecule has 4 aromatic rings. The molecule has 1 atom stereocenters. The molecule has 0 saturated carbocycles. The molecule has 0 aromatic heterocycles. The van der Waals surface area contributed by atoms with Gasteiger partial charge in [0.05, 0.1) is 18.7 Å². The van der Waals surface area contributed by atoms with Crippen molar-refractivity contribution in [2.24, 2.45) is 0 Å². The van der Waals surface area contributed by atoms with Crippen LogP contribution in [-0.2, 0) is 9.59 Å². The molecule has 1 heterocycles. The lowest BCUT2D eigenvalue weighted by atomic mass is 9.94. The maximum atomic E-state index is 14.2. The van der Waals surface area contributed by atoms with Crippen LogP contribution in [0.1, 0.15) is 22.7 Å². The summed E-state index contributed by atoms with van der Waals surface area (Å²) in [5.41, 5.74) is 1.68. The van der Waals surface area contributed by atoms with Crippen molar-refractivity contribution in [1.82, 2.24) is 0 Å². The third kappa shape index (κ3) is 4.62. The molecule has 1 N–H and O–H groups in total. The van der Waals surface area contributed by atoms with Crippen molar-refractivity contribution >= 4 is 23.1 Å². The van der Waals surface area contributed by atoms with Crippen molar-refractivity contribution < 1.29 is 28.6 Å². The highest BCUT2D eigenvalue weighted by molar-refractivity contribution is 6.51. The van der Waals surface area contributed by atoms with E-state index in [1.165, 1.54) is 30.2 Å². The van der Waals surface area contributed by atoms with E-state index in [1.54, 1.807) is 60.7 Å². The van der Waals surface area contributed by atoms with Gasteiger partial charge in [0.2, 0.25) is 0 Å². The number of ether oxygens (including phenoxy) is 2. The Bertz CT molecular complexity index is 1560. The maximum Gasteiger partial charge on any atom is 0.300 e. The van der Waals surface area contributed by atoms with Crippen LogP contribution in [0.25, 0.3) is 5.76 Å². The van der Waals surface area contributed by atoms with E-state index in [-0.39, 0.29) is 17.0 Å². The molecule has 0 aliphatic carbocycles. The smallest absolute Gasteiger partial charge is 0.300 e. The van der Waals surface area contributed by atoms with Crippen molar-refractivity contribution in [2.45, 2.75) is 13.0 Å². The number of aliphatic hydroxyl groups is 1. The highest BCUT2D eigenvalue weighted by Gasteiger charge is 2.47. The fraction of sp³-hybridized carbons (Fsp3) is 0.0968. The Morgan fingerprint density at radius 3 is 2.32 bits per heavy atom. The lowest BCUT2D eigenvalue weighted by Gasteiger charge is -2.26. The van der Waals surface area contributed by atoms with Crippen molar-refractivity contribution in [2.75, 3.05) is 12.0 Å². The number of amides is 1. The zero-order valence-corrected chi connectivity index (χ0v) is 20.7. The standard InChI is InChI=1S/C31H24FNO5/c1-19-16-21(14-15-26(19)37-2)29(34)27-28(33(31(36)30(27)35)23-10-7-9-22(32)18-23)20-8-6-13-25(17-20)38-24-11-4-3-5-12-24/h3-18,28,34H,1-2H3/b29-27+. The summed E-state index contributed by atoms with van der Waals surface area (Å²) in [4.78, 5) is 27.9. The van der Waals surface area contributed by atoms with Gasteiger partial charge < -0.3 is 14.6 Å². The number of rotatable bonds is 6. The van der Waals surface area contributed by atoms with Crippen LogP contribution in [0.5, 0.6) is 17.2 Å². The number of para-hydroxylation sites is 1. The Morgan fingerprint density at radius 1 is 0.868 bits per heavy atom. The second-order valence-corrected chi connectivity index (χ2v) is 8.82. The number of aliphatic hydroxyl groups excluding tert-OH is 1. The first-order valence-electron chi connectivity index (χ1n) is 11.9. The number of nitrogens with zero attached hydrogens (tertiary/aromatic N) is 1. The minimum atomic E-state index is -1.03. The molecule has 0 spiro atoms. The first-order valence-corrected chi connectivity index (χ1v) is 11.9. The van der Waals surface area contributed by atoms with Crippen LogP contribution in [0.4, 0.5) is 10.1 Å².